The molecule has 88 valence electrons. The van der Waals surface area contributed by atoms with Crippen LogP contribution in [0.2, 0.25) is 0 Å². The summed E-state index contributed by atoms with van der Waals surface area (Å²) in [6.07, 6.45) is 1.72. The van der Waals surface area contributed by atoms with Gasteiger partial charge in [0.1, 0.15) is 0 Å². The largest absolute Gasteiger partial charge is 1.00 e. The number of rotatable bonds is 4. The summed E-state index contributed by atoms with van der Waals surface area (Å²) in [7, 11) is 3.76. The minimum Gasteiger partial charge on any atom is -1.00 e. The molecule has 0 heterocycles. The normalized spacial score (nSPS) is 8.62. The van der Waals surface area contributed by atoms with Crippen LogP contribution in [-0.4, -0.2) is 29.9 Å². The zero-order valence-corrected chi connectivity index (χ0v) is 9.73. The number of nitro groups is 1. The molecule has 0 radical (unpaired) electrons. The molecule has 16 heavy (non-hydrogen) atoms. The summed E-state index contributed by atoms with van der Waals surface area (Å²) in [5.74, 6) is 0. The fraction of sp³-hybridized carbons (Fsp3) is 0.222. The van der Waals surface area contributed by atoms with Gasteiger partial charge in [0, 0.05) is 12.1 Å². The Bertz CT molecular complexity index is 374. The van der Waals surface area contributed by atoms with E-state index in [1.165, 1.54) is 12.1 Å². The molecule has 0 atom stereocenters. The molecule has 0 saturated heterocycles. The van der Waals surface area contributed by atoms with Crippen molar-refractivity contribution < 1.29 is 21.9 Å². The summed E-state index contributed by atoms with van der Waals surface area (Å²) in [5.41, 5.74) is 6.55. The standard InChI is InChI=1S/C9H12N4O2.ClH/c1-12(2)7-10-11-8-3-5-9(6-4-8)13(14)15;/h3-7,11H,1-2H3;1H. The number of halogens is 1. The maximum Gasteiger partial charge on any atom is 0.269 e. The monoisotopic (exact) mass is 244 g/mol. The van der Waals surface area contributed by atoms with Crippen molar-refractivity contribution in [3.8, 4) is 0 Å². The van der Waals surface area contributed by atoms with E-state index in [1.54, 1.807) is 18.5 Å². The topological polar surface area (TPSA) is 70.2 Å². The molecule has 7 heteroatoms. The molecule has 0 aliphatic carbocycles. The number of benzene rings is 1. The summed E-state index contributed by atoms with van der Waals surface area (Å²) in [6, 6.07) is 6.16. The minimum absolute atomic E-state index is 0. The lowest BCUT2D eigenvalue weighted by Gasteiger charge is -1.99. The van der Waals surface area contributed by atoms with Crippen LogP contribution < -0.4 is 23.3 Å². The number of anilines is 1. The van der Waals surface area contributed by atoms with Crippen LogP contribution in [0.25, 0.3) is 0 Å². The van der Waals surface area contributed by atoms with Gasteiger partial charge in [-0.3, -0.25) is 14.7 Å². The van der Waals surface area contributed by atoms with Gasteiger partial charge in [-0.2, -0.15) is 5.43 Å². The highest BCUT2D eigenvalue weighted by Gasteiger charge is 2.03. The second-order valence-electron chi connectivity index (χ2n) is 3.17. The predicted molar refractivity (Wildman–Crippen MR) is 58.0 cm³/mol. The number of hydrazine groups is 1. The van der Waals surface area contributed by atoms with Gasteiger partial charge in [-0.25, -0.2) is 5.43 Å². The number of nitrogens with one attached hydrogen (secondary N) is 2. The minimum atomic E-state index is -0.427. The first-order chi connectivity index (χ1) is 7.09. The average Bonchev–Trinajstić information content (AvgIpc) is 2.18. The van der Waals surface area contributed by atoms with Crippen molar-refractivity contribution in [3.63, 3.8) is 0 Å². The molecule has 0 aliphatic rings. The van der Waals surface area contributed by atoms with Crippen LogP contribution in [0.5, 0.6) is 0 Å². The molecule has 1 aromatic carbocycles. The van der Waals surface area contributed by atoms with Crippen molar-refractivity contribution in [2.75, 3.05) is 19.5 Å². The van der Waals surface area contributed by atoms with Crippen LogP contribution >= 0.6 is 0 Å². The summed E-state index contributed by atoms with van der Waals surface area (Å²) < 4.78 is 1.83. The van der Waals surface area contributed by atoms with Gasteiger partial charge in [0.15, 0.2) is 0 Å². The van der Waals surface area contributed by atoms with Gasteiger partial charge in [0.2, 0.25) is 0 Å². The zero-order valence-electron chi connectivity index (χ0n) is 8.98. The highest BCUT2D eigenvalue weighted by molar-refractivity contribution is 5.55. The molecule has 0 aromatic heterocycles. The molecule has 0 saturated carbocycles. The number of nitrogens with zero attached hydrogens (tertiary/aromatic N) is 2. The molecule has 0 bridgehead atoms. The van der Waals surface area contributed by atoms with E-state index in [4.69, 9.17) is 0 Å². The Morgan fingerprint density at radius 2 is 1.81 bits per heavy atom. The Labute approximate surface area is 99.5 Å². The second kappa shape index (κ2) is 6.62. The van der Waals surface area contributed by atoms with Crippen molar-refractivity contribution >= 4 is 17.7 Å². The highest BCUT2D eigenvalue weighted by atomic mass is 35.5. The Hall–Kier alpha value is -1.82. The summed E-state index contributed by atoms with van der Waals surface area (Å²) in [6.45, 7) is 0. The van der Waals surface area contributed by atoms with E-state index >= 15 is 0 Å². The summed E-state index contributed by atoms with van der Waals surface area (Å²) in [4.78, 5) is 9.94. The highest BCUT2D eigenvalue weighted by Crippen LogP contribution is 2.14. The van der Waals surface area contributed by atoms with E-state index in [0.717, 1.165) is 5.69 Å². The molecule has 1 aromatic rings. The van der Waals surface area contributed by atoms with Crippen molar-refractivity contribution in [1.82, 2.24) is 5.43 Å². The molecule has 0 fully saturated rings. The smallest absolute Gasteiger partial charge is 0.269 e. The lowest BCUT2D eigenvalue weighted by molar-refractivity contribution is -0.461. The maximum atomic E-state index is 10.4. The molecule has 0 unspecified atom stereocenters. The fourth-order valence-electron chi connectivity index (χ4n) is 0.911. The predicted octanol–water partition coefficient (Wildman–Crippen LogP) is -2.18. The van der Waals surface area contributed by atoms with Crippen molar-refractivity contribution in [3.05, 3.63) is 34.4 Å². The van der Waals surface area contributed by atoms with Crippen LogP contribution in [0.1, 0.15) is 0 Å². The number of nitro benzene ring substituents is 1. The van der Waals surface area contributed by atoms with Crippen LogP contribution in [0.15, 0.2) is 24.3 Å². The zero-order chi connectivity index (χ0) is 11.3. The van der Waals surface area contributed by atoms with E-state index in [2.05, 4.69) is 10.9 Å². The average molecular weight is 245 g/mol. The van der Waals surface area contributed by atoms with Gasteiger partial charge in [0.25, 0.3) is 12.0 Å². The Kier molecular flexibility index (Phi) is 5.87. The number of hydrogen-bond acceptors (Lipinski definition) is 3. The first-order valence-electron chi connectivity index (χ1n) is 4.35. The fourth-order valence-corrected chi connectivity index (χ4v) is 0.911. The van der Waals surface area contributed by atoms with Gasteiger partial charge in [-0.1, -0.05) is 0 Å². The summed E-state index contributed by atoms with van der Waals surface area (Å²) in [5, 5.41) is 10.4. The van der Waals surface area contributed by atoms with Gasteiger partial charge in [-0.15, -0.1) is 0 Å². The Balaban J connectivity index is 0.00000225. The molecule has 1 rings (SSSR count). The van der Waals surface area contributed by atoms with Crippen LogP contribution in [-0.2, 0) is 0 Å². The third-order valence-corrected chi connectivity index (χ3v) is 1.62. The lowest BCUT2D eigenvalue weighted by Crippen LogP contribution is -3.00. The van der Waals surface area contributed by atoms with Gasteiger partial charge in [-0.05, 0) is 12.1 Å². The number of hydrogen-bond donors (Lipinski definition) is 2. The molecule has 0 aliphatic heterocycles. The first kappa shape index (κ1) is 14.2. The Morgan fingerprint density at radius 3 is 2.25 bits per heavy atom. The van der Waals surface area contributed by atoms with Crippen LogP contribution in [0, 0.1) is 10.1 Å². The van der Waals surface area contributed by atoms with Crippen molar-refractivity contribution in [2.24, 2.45) is 0 Å². The maximum absolute atomic E-state index is 10.4. The van der Waals surface area contributed by atoms with Crippen molar-refractivity contribution in [1.29, 1.82) is 0 Å². The molecule has 6 nitrogen and oxygen atoms in total. The van der Waals surface area contributed by atoms with E-state index in [9.17, 15) is 10.1 Å². The summed E-state index contributed by atoms with van der Waals surface area (Å²) >= 11 is 0. The van der Waals surface area contributed by atoms with E-state index in [-0.39, 0.29) is 18.1 Å². The SMILES string of the molecule is C[N+](C)=CNNc1ccc([N+](=O)[O-])cc1.[Cl-]. The molecule has 2 N–H and O–H groups in total. The quantitative estimate of drug-likeness (QED) is 0.208. The molecular formula is C9H13ClN4O2. The van der Waals surface area contributed by atoms with Crippen LogP contribution in [0.3, 0.4) is 0 Å². The molecular weight excluding hydrogens is 232 g/mol. The van der Waals surface area contributed by atoms with E-state index in [1.807, 2.05) is 18.7 Å². The third-order valence-electron chi connectivity index (χ3n) is 1.62. The molecule has 0 spiro atoms. The van der Waals surface area contributed by atoms with Gasteiger partial charge < -0.3 is 12.4 Å². The lowest BCUT2D eigenvalue weighted by atomic mass is 10.3. The van der Waals surface area contributed by atoms with Crippen molar-refractivity contribution in [2.45, 2.75) is 0 Å². The van der Waals surface area contributed by atoms with Gasteiger partial charge >= 0.3 is 0 Å². The number of non-ortho nitro benzene ring substituents is 1. The van der Waals surface area contributed by atoms with E-state index in [0.29, 0.717) is 0 Å². The van der Waals surface area contributed by atoms with E-state index < -0.39 is 4.92 Å². The first-order valence-corrected chi connectivity index (χ1v) is 4.35. The Morgan fingerprint density at radius 1 is 1.25 bits per heavy atom. The van der Waals surface area contributed by atoms with Crippen LogP contribution in [0.4, 0.5) is 11.4 Å². The second-order valence-corrected chi connectivity index (χ2v) is 3.17. The molecule has 0 amide bonds. The third kappa shape index (κ3) is 4.61. The van der Waals surface area contributed by atoms with Gasteiger partial charge in [0.05, 0.1) is 24.7 Å².